The molecule has 1 unspecified atom stereocenters. The predicted molar refractivity (Wildman–Crippen MR) is 116 cm³/mol. The summed E-state index contributed by atoms with van der Waals surface area (Å²) in [6, 6.07) is 9.03. The highest BCUT2D eigenvalue weighted by Crippen LogP contribution is 2.55. The van der Waals surface area contributed by atoms with Crippen molar-refractivity contribution in [1.82, 2.24) is 10.7 Å². The third-order valence-electron chi connectivity index (χ3n) is 6.54. The van der Waals surface area contributed by atoms with Crippen LogP contribution in [0.3, 0.4) is 0 Å². The van der Waals surface area contributed by atoms with Gasteiger partial charge in [0.1, 0.15) is 11.6 Å². The molecule has 6 nitrogen and oxygen atoms in total. The van der Waals surface area contributed by atoms with Gasteiger partial charge in [-0.2, -0.15) is 10.4 Å². The molecule has 0 aromatic heterocycles. The van der Waals surface area contributed by atoms with E-state index in [1.54, 1.807) is 24.3 Å². The normalized spacial score (nSPS) is 31.0. The molecule has 4 N–H and O–H groups in total. The molecule has 8 heteroatoms. The Balaban J connectivity index is 1.60. The van der Waals surface area contributed by atoms with E-state index in [9.17, 15) is 10.1 Å². The first-order chi connectivity index (χ1) is 13.9. The summed E-state index contributed by atoms with van der Waals surface area (Å²) < 4.78 is 0. The van der Waals surface area contributed by atoms with Gasteiger partial charge in [0.2, 0.25) is 0 Å². The SMILES string of the molecule is N#CC(C(=NNC(N)=S)C(=O)NC12CC3CC(CC(C3)C1)C2)c1ccc(Cl)cc1. The Labute approximate surface area is 180 Å². The van der Waals surface area contributed by atoms with E-state index in [-0.39, 0.29) is 22.3 Å². The fourth-order valence-corrected chi connectivity index (χ4v) is 6.05. The van der Waals surface area contributed by atoms with Gasteiger partial charge >= 0.3 is 0 Å². The summed E-state index contributed by atoms with van der Waals surface area (Å²) in [5.74, 6) is 0.888. The Morgan fingerprint density at radius 2 is 1.76 bits per heavy atom. The molecule has 4 saturated carbocycles. The van der Waals surface area contributed by atoms with Gasteiger partial charge in [0, 0.05) is 10.6 Å². The number of nitrogens with one attached hydrogen (secondary N) is 2. The maximum atomic E-state index is 13.3. The van der Waals surface area contributed by atoms with Gasteiger partial charge in [-0.05, 0) is 86.2 Å². The Morgan fingerprint density at radius 1 is 1.21 bits per heavy atom. The molecule has 4 aliphatic rings. The van der Waals surface area contributed by atoms with Gasteiger partial charge in [-0.3, -0.25) is 10.2 Å². The Morgan fingerprint density at radius 3 is 2.24 bits per heavy atom. The molecule has 0 spiro atoms. The molecule has 1 atom stereocenters. The van der Waals surface area contributed by atoms with E-state index in [0.29, 0.717) is 28.3 Å². The van der Waals surface area contributed by atoms with Crippen molar-refractivity contribution in [1.29, 1.82) is 5.26 Å². The van der Waals surface area contributed by atoms with Crippen LogP contribution in [-0.4, -0.2) is 22.3 Å². The minimum Gasteiger partial charge on any atom is -0.375 e. The quantitative estimate of drug-likeness (QED) is 0.378. The van der Waals surface area contributed by atoms with Crippen LogP contribution in [-0.2, 0) is 4.79 Å². The number of nitriles is 1. The summed E-state index contributed by atoms with van der Waals surface area (Å²) in [7, 11) is 0. The van der Waals surface area contributed by atoms with Crippen LogP contribution in [0, 0.1) is 29.1 Å². The van der Waals surface area contributed by atoms with Gasteiger partial charge in [-0.1, -0.05) is 23.7 Å². The standard InChI is InChI=1S/C21H24ClN5OS/c22-16-3-1-15(2-4-16)17(11-23)18(26-27-20(24)29)19(28)25-21-8-12-5-13(9-21)7-14(6-12)10-21/h1-4,12-14,17H,5-10H2,(H,25,28)(H3,24,27,29). The van der Waals surface area contributed by atoms with Crippen molar-refractivity contribution in [3.8, 4) is 6.07 Å². The van der Waals surface area contributed by atoms with Crippen molar-refractivity contribution in [2.75, 3.05) is 0 Å². The molecule has 4 aliphatic carbocycles. The lowest BCUT2D eigenvalue weighted by Gasteiger charge is -2.56. The van der Waals surface area contributed by atoms with Crippen LogP contribution in [0.5, 0.6) is 0 Å². The highest BCUT2D eigenvalue weighted by Gasteiger charge is 2.52. The molecule has 1 aromatic carbocycles. The molecule has 4 fully saturated rings. The zero-order valence-electron chi connectivity index (χ0n) is 16.0. The fourth-order valence-electron chi connectivity index (χ4n) is 5.88. The van der Waals surface area contributed by atoms with Crippen LogP contribution in [0.4, 0.5) is 0 Å². The van der Waals surface area contributed by atoms with Crippen LogP contribution in [0.2, 0.25) is 5.02 Å². The predicted octanol–water partition coefficient (Wildman–Crippen LogP) is 3.22. The molecular formula is C21H24ClN5OS. The summed E-state index contributed by atoms with van der Waals surface area (Å²) in [5.41, 5.74) is 8.52. The van der Waals surface area contributed by atoms with Gasteiger partial charge in [-0.25, -0.2) is 0 Å². The molecule has 0 heterocycles. The second-order valence-electron chi connectivity index (χ2n) is 8.74. The minimum atomic E-state index is -0.858. The van der Waals surface area contributed by atoms with Crippen LogP contribution in [0.15, 0.2) is 29.4 Å². The van der Waals surface area contributed by atoms with Crippen molar-refractivity contribution in [2.24, 2.45) is 28.6 Å². The second-order valence-corrected chi connectivity index (χ2v) is 9.62. The molecule has 1 aromatic rings. The zero-order valence-corrected chi connectivity index (χ0v) is 17.6. The lowest BCUT2D eigenvalue weighted by Crippen LogP contribution is -2.61. The summed E-state index contributed by atoms with van der Waals surface area (Å²) >= 11 is 10.8. The monoisotopic (exact) mass is 429 g/mol. The topological polar surface area (TPSA) is 103 Å². The number of nitrogens with two attached hydrogens (primary N) is 1. The average molecular weight is 430 g/mol. The van der Waals surface area contributed by atoms with Crippen molar-refractivity contribution >= 4 is 40.6 Å². The number of hydrogen-bond acceptors (Lipinski definition) is 4. The van der Waals surface area contributed by atoms with E-state index in [1.807, 2.05) is 0 Å². The van der Waals surface area contributed by atoms with Gasteiger partial charge < -0.3 is 11.1 Å². The first kappa shape index (κ1) is 20.1. The molecule has 29 heavy (non-hydrogen) atoms. The van der Waals surface area contributed by atoms with Crippen molar-refractivity contribution in [3.63, 3.8) is 0 Å². The van der Waals surface area contributed by atoms with E-state index >= 15 is 0 Å². The molecular weight excluding hydrogens is 406 g/mol. The number of hydrazone groups is 1. The number of halogens is 1. The molecule has 0 aliphatic heterocycles. The molecule has 152 valence electrons. The van der Waals surface area contributed by atoms with E-state index in [1.165, 1.54) is 19.3 Å². The largest absolute Gasteiger partial charge is 0.375 e. The molecule has 0 radical (unpaired) electrons. The molecule has 4 bridgehead atoms. The van der Waals surface area contributed by atoms with Crippen LogP contribution >= 0.6 is 23.8 Å². The zero-order chi connectivity index (χ0) is 20.6. The van der Waals surface area contributed by atoms with Crippen molar-refractivity contribution < 1.29 is 4.79 Å². The van der Waals surface area contributed by atoms with Crippen LogP contribution in [0.1, 0.15) is 50.0 Å². The number of thiocarbonyl (C=S) groups is 1. The lowest BCUT2D eigenvalue weighted by atomic mass is 9.53. The highest BCUT2D eigenvalue weighted by atomic mass is 35.5. The average Bonchev–Trinajstić information content (AvgIpc) is 2.64. The Hall–Kier alpha value is -2.17. The summed E-state index contributed by atoms with van der Waals surface area (Å²) in [6.07, 6.45) is 6.89. The second kappa shape index (κ2) is 7.92. The number of rotatable bonds is 5. The molecule has 5 rings (SSSR count). The summed E-state index contributed by atoms with van der Waals surface area (Å²) in [5, 5.41) is 17.7. The first-order valence-corrected chi connectivity index (χ1v) is 10.8. The van der Waals surface area contributed by atoms with E-state index in [2.05, 4.69) is 21.9 Å². The van der Waals surface area contributed by atoms with Crippen LogP contribution < -0.4 is 16.5 Å². The van der Waals surface area contributed by atoms with Crippen molar-refractivity contribution in [2.45, 2.75) is 50.0 Å². The Bertz CT molecular complexity index is 856. The van der Waals surface area contributed by atoms with E-state index in [0.717, 1.165) is 19.3 Å². The number of carbonyl (C=O) groups excluding carboxylic acids is 1. The number of amides is 1. The number of benzene rings is 1. The van der Waals surface area contributed by atoms with Gasteiger partial charge in [0.25, 0.3) is 5.91 Å². The van der Waals surface area contributed by atoms with Crippen molar-refractivity contribution in [3.05, 3.63) is 34.9 Å². The Kier molecular flexibility index (Phi) is 5.50. The van der Waals surface area contributed by atoms with Gasteiger partial charge in [-0.15, -0.1) is 0 Å². The minimum absolute atomic E-state index is 0.0575. The molecule has 0 saturated heterocycles. The van der Waals surface area contributed by atoms with E-state index < -0.39 is 5.92 Å². The summed E-state index contributed by atoms with van der Waals surface area (Å²) in [6.45, 7) is 0. The van der Waals surface area contributed by atoms with Gasteiger partial charge in [0.15, 0.2) is 5.11 Å². The highest BCUT2D eigenvalue weighted by molar-refractivity contribution is 7.80. The third-order valence-corrected chi connectivity index (χ3v) is 6.89. The van der Waals surface area contributed by atoms with Crippen LogP contribution in [0.25, 0.3) is 0 Å². The third kappa shape index (κ3) is 4.24. The smallest absolute Gasteiger partial charge is 0.269 e. The first-order valence-electron chi connectivity index (χ1n) is 9.98. The molecule has 1 amide bonds. The number of carbonyl (C=O) groups is 1. The maximum absolute atomic E-state index is 13.3. The van der Waals surface area contributed by atoms with Gasteiger partial charge in [0.05, 0.1) is 6.07 Å². The fraction of sp³-hybridized carbons (Fsp3) is 0.524. The maximum Gasteiger partial charge on any atom is 0.269 e. The van der Waals surface area contributed by atoms with E-state index in [4.69, 9.17) is 29.6 Å². The summed E-state index contributed by atoms with van der Waals surface area (Å²) in [4.78, 5) is 13.3. The lowest BCUT2D eigenvalue weighted by molar-refractivity contribution is -0.120. The number of nitrogens with zero attached hydrogens (tertiary/aromatic N) is 2. The number of hydrogen-bond donors (Lipinski definition) is 3.